The monoisotopic (exact) mass is 214 g/mol. The molecule has 0 radical (unpaired) electrons. The molecular formula is C11H22N2O2. The van der Waals surface area contributed by atoms with E-state index >= 15 is 0 Å². The van der Waals surface area contributed by atoms with Crippen LogP contribution in [0.5, 0.6) is 0 Å². The van der Waals surface area contributed by atoms with Gasteiger partial charge in [0.2, 0.25) is 5.91 Å². The Morgan fingerprint density at radius 3 is 2.87 bits per heavy atom. The molecule has 1 amide bonds. The second kappa shape index (κ2) is 5.47. The Hall–Kier alpha value is -0.610. The maximum atomic E-state index is 12.0. The summed E-state index contributed by atoms with van der Waals surface area (Å²) in [4.78, 5) is 14.0. The van der Waals surface area contributed by atoms with Gasteiger partial charge in [0.25, 0.3) is 0 Å². The average Bonchev–Trinajstić information content (AvgIpc) is 2.27. The van der Waals surface area contributed by atoms with Crippen LogP contribution in [-0.4, -0.2) is 42.6 Å². The van der Waals surface area contributed by atoms with Crippen molar-refractivity contribution in [2.45, 2.75) is 39.3 Å². The lowest BCUT2D eigenvalue weighted by molar-refractivity contribution is -0.147. The Kier molecular flexibility index (Phi) is 4.54. The van der Waals surface area contributed by atoms with Gasteiger partial charge in [-0.3, -0.25) is 4.79 Å². The van der Waals surface area contributed by atoms with Crippen molar-refractivity contribution in [3.05, 3.63) is 0 Å². The molecule has 0 aromatic rings. The number of carbonyl (C=O) groups is 1. The first kappa shape index (κ1) is 12.5. The van der Waals surface area contributed by atoms with Crippen molar-refractivity contribution in [1.82, 2.24) is 4.90 Å². The van der Waals surface area contributed by atoms with E-state index in [0.717, 1.165) is 6.42 Å². The van der Waals surface area contributed by atoms with E-state index in [-0.39, 0.29) is 24.0 Å². The molecule has 1 saturated heterocycles. The third-order valence-corrected chi connectivity index (χ3v) is 3.00. The molecule has 3 atom stereocenters. The van der Waals surface area contributed by atoms with Gasteiger partial charge in [-0.05, 0) is 13.3 Å². The Labute approximate surface area is 91.8 Å². The normalized spacial score (nSPS) is 28.9. The fourth-order valence-electron chi connectivity index (χ4n) is 1.84. The van der Waals surface area contributed by atoms with Crippen molar-refractivity contribution in [2.24, 2.45) is 11.7 Å². The lowest BCUT2D eigenvalue weighted by atomic mass is 10.1. The zero-order valence-electron chi connectivity index (χ0n) is 9.90. The number of hydrogen-bond acceptors (Lipinski definition) is 3. The summed E-state index contributed by atoms with van der Waals surface area (Å²) in [6.45, 7) is 7.73. The highest BCUT2D eigenvalue weighted by Gasteiger charge is 2.31. The van der Waals surface area contributed by atoms with Gasteiger partial charge in [-0.15, -0.1) is 0 Å². The summed E-state index contributed by atoms with van der Waals surface area (Å²) in [5, 5.41) is 0. The van der Waals surface area contributed by atoms with E-state index < -0.39 is 0 Å². The maximum Gasteiger partial charge on any atom is 0.227 e. The van der Waals surface area contributed by atoms with Gasteiger partial charge in [-0.2, -0.15) is 0 Å². The minimum absolute atomic E-state index is 0.0793. The first-order chi connectivity index (χ1) is 7.10. The maximum absolute atomic E-state index is 12.0. The lowest BCUT2D eigenvalue weighted by Gasteiger charge is -2.39. The number of rotatable bonds is 3. The Morgan fingerprint density at radius 2 is 2.33 bits per heavy atom. The SMILES string of the molecule is CCC1COC(C)CN1C(=O)C(C)CN. The quantitative estimate of drug-likeness (QED) is 0.749. The standard InChI is InChI=1S/C11H22N2O2/c1-4-10-7-15-9(3)6-13(10)11(14)8(2)5-12/h8-10H,4-7,12H2,1-3H3. The van der Waals surface area contributed by atoms with Gasteiger partial charge in [0.1, 0.15) is 0 Å². The van der Waals surface area contributed by atoms with Crippen LogP contribution >= 0.6 is 0 Å². The summed E-state index contributed by atoms with van der Waals surface area (Å²) in [7, 11) is 0. The van der Waals surface area contributed by atoms with E-state index in [4.69, 9.17) is 10.5 Å². The van der Waals surface area contributed by atoms with E-state index in [0.29, 0.717) is 19.7 Å². The predicted molar refractivity (Wildman–Crippen MR) is 59.4 cm³/mol. The first-order valence-electron chi connectivity index (χ1n) is 5.72. The predicted octanol–water partition coefficient (Wildman–Crippen LogP) is 0.607. The van der Waals surface area contributed by atoms with Gasteiger partial charge in [0.15, 0.2) is 0 Å². The van der Waals surface area contributed by atoms with Crippen molar-refractivity contribution >= 4 is 5.91 Å². The van der Waals surface area contributed by atoms with Crippen LogP contribution in [0.15, 0.2) is 0 Å². The summed E-state index contributed by atoms with van der Waals surface area (Å²) in [5.74, 6) is 0.0869. The number of morpholine rings is 1. The van der Waals surface area contributed by atoms with Gasteiger partial charge in [-0.25, -0.2) is 0 Å². The summed E-state index contributed by atoms with van der Waals surface area (Å²) >= 11 is 0. The zero-order valence-corrected chi connectivity index (χ0v) is 9.90. The molecule has 15 heavy (non-hydrogen) atoms. The first-order valence-corrected chi connectivity index (χ1v) is 5.72. The largest absolute Gasteiger partial charge is 0.375 e. The molecule has 1 fully saturated rings. The summed E-state index contributed by atoms with van der Waals surface area (Å²) in [5.41, 5.74) is 5.52. The van der Waals surface area contributed by atoms with Crippen LogP contribution < -0.4 is 5.73 Å². The van der Waals surface area contributed by atoms with Crippen LogP contribution in [0.3, 0.4) is 0 Å². The highest BCUT2D eigenvalue weighted by atomic mass is 16.5. The van der Waals surface area contributed by atoms with Crippen LogP contribution in [0.4, 0.5) is 0 Å². The molecule has 4 heteroatoms. The molecule has 1 aliphatic rings. The minimum atomic E-state index is -0.0793. The average molecular weight is 214 g/mol. The van der Waals surface area contributed by atoms with Crippen molar-refractivity contribution in [3.8, 4) is 0 Å². The number of carbonyl (C=O) groups excluding carboxylic acids is 1. The summed E-state index contributed by atoms with van der Waals surface area (Å²) < 4.78 is 5.55. The topological polar surface area (TPSA) is 55.6 Å². The minimum Gasteiger partial charge on any atom is -0.375 e. The van der Waals surface area contributed by atoms with E-state index in [1.165, 1.54) is 0 Å². The Morgan fingerprint density at radius 1 is 1.67 bits per heavy atom. The van der Waals surface area contributed by atoms with Crippen molar-refractivity contribution in [1.29, 1.82) is 0 Å². The molecule has 0 aliphatic carbocycles. The zero-order chi connectivity index (χ0) is 11.4. The molecule has 0 bridgehead atoms. The van der Waals surface area contributed by atoms with Crippen LogP contribution in [0.25, 0.3) is 0 Å². The third kappa shape index (κ3) is 2.92. The number of amides is 1. The highest BCUT2D eigenvalue weighted by Crippen LogP contribution is 2.16. The van der Waals surface area contributed by atoms with E-state index in [9.17, 15) is 4.79 Å². The van der Waals surface area contributed by atoms with Crippen molar-refractivity contribution in [3.63, 3.8) is 0 Å². The molecule has 1 aliphatic heterocycles. The van der Waals surface area contributed by atoms with E-state index in [1.807, 2.05) is 18.7 Å². The molecule has 0 spiro atoms. The number of nitrogens with zero attached hydrogens (tertiary/aromatic N) is 1. The second-order valence-corrected chi connectivity index (χ2v) is 4.33. The highest BCUT2D eigenvalue weighted by molar-refractivity contribution is 5.79. The van der Waals surface area contributed by atoms with Crippen LogP contribution in [0.2, 0.25) is 0 Å². The van der Waals surface area contributed by atoms with Crippen LogP contribution in [0, 0.1) is 5.92 Å². The molecule has 0 aromatic carbocycles. The van der Waals surface area contributed by atoms with Gasteiger partial charge >= 0.3 is 0 Å². The second-order valence-electron chi connectivity index (χ2n) is 4.33. The van der Waals surface area contributed by atoms with Crippen LogP contribution in [0.1, 0.15) is 27.2 Å². The smallest absolute Gasteiger partial charge is 0.227 e. The van der Waals surface area contributed by atoms with Gasteiger partial charge in [-0.1, -0.05) is 13.8 Å². The summed E-state index contributed by atoms with van der Waals surface area (Å²) in [6.07, 6.45) is 1.08. The molecule has 3 unspecified atom stereocenters. The fourth-order valence-corrected chi connectivity index (χ4v) is 1.84. The fraction of sp³-hybridized carbons (Fsp3) is 0.909. The lowest BCUT2D eigenvalue weighted by Crippen LogP contribution is -2.53. The number of ether oxygens (including phenoxy) is 1. The van der Waals surface area contributed by atoms with Gasteiger partial charge in [0, 0.05) is 19.0 Å². The van der Waals surface area contributed by atoms with Crippen LogP contribution in [-0.2, 0) is 9.53 Å². The van der Waals surface area contributed by atoms with E-state index in [1.54, 1.807) is 0 Å². The Balaban J connectivity index is 2.66. The van der Waals surface area contributed by atoms with Crippen molar-refractivity contribution in [2.75, 3.05) is 19.7 Å². The number of hydrogen-bond donors (Lipinski definition) is 1. The molecule has 1 heterocycles. The Bertz CT molecular complexity index is 221. The molecule has 0 saturated carbocycles. The molecule has 2 N–H and O–H groups in total. The molecule has 4 nitrogen and oxygen atoms in total. The third-order valence-electron chi connectivity index (χ3n) is 3.00. The molecule has 1 rings (SSSR count). The van der Waals surface area contributed by atoms with Crippen molar-refractivity contribution < 1.29 is 9.53 Å². The van der Waals surface area contributed by atoms with Gasteiger partial charge < -0.3 is 15.4 Å². The van der Waals surface area contributed by atoms with E-state index in [2.05, 4.69) is 6.92 Å². The molecule has 0 aromatic heterocycles. The van der Waals surface area contributed by atoms with Gasteiger partial charge in [0.05, 0.1) is 18.8 Å². The summed E-state index contributed by atoms with van der Waals surface area (Å²) in [6, 6.07) is 0.225. The molecule has 88 valence electrons. The molecular weight excluding hydrogens is 192 g/mol. The number of nitrogens with two attached hydrogens (primary N) is 1.